The predicted octanol–water partition coefficient (Wildman–Crippen LogP) is 3.25. The van der Waals surface area contributed by atoms with Crippen LogP contribution in [0, 0.1) is 0 Å². The van der Waals surface area contributed by atoms with Crippen LogP contribution < -0.4 is 5.73 Å². The number of rotatable bonds is 2. The molecule has 100 valence electrons. The van der Waals surface area contributed by atoms with Crippen molar-refractivity contribution in [1.82, 2.24) is 0 Å². The maximum atomic E-state index is 11.3. The summed E-state index contributed by atoms with van der Waals surface area (Å²) in [5.41, 5.74) is 5.14. The molecular weight excluding hydrogens is 250 g/mol. The standard InChI is InChI=1S/C17H15NO2/c1-17(18,16(19)20)13-9-8-12-7-6-11-4-2-3-5-14(11)15(12)10-13/h2-10H,18H2,1H3,(H,19,20). The van der Waals surface area contributed by atoms with Crippen LogP contribution in [0.4, 0.5) is 0 Å². The average molecular weight is 265 g/mol. The lowest BCUT2D eigenvalue weighted by atomic mass is 9.90. The first kappa shape index (κ1) is 12.6. The minimum absolute atomic E-state index is 0.605. The topological polar surface area (TPSA) is 63.3 Å². The second-order valence-corrected chi connectivity index (χ2v) is 5.23. The van der Waals surface area contributed by atoms with Crippen molar-refractivity contribution in [2.45, 2.75) is 12.5 Å². The quantitative estimate of drug-likeness (QED) is 0.699. The van der Waals surface area contributed by atoms with Gasteiger partial charge in [-0.1, -0.05) is 48.5 Å². The van der Waals surface area contributed by atoms with Gasteiger partial charge in [-0.2, -0.15) is 0 Å². The largest absolute Gasteiger partial charge is 0.480 e. The summed E-state index contributed by atoms with van der Waals surface area (Å²) in [6.45, 7) is 1.52. The van der Waals surface area contributed by atoms with E-state index in [0.29, 0.717) is 5.56 Å². The number of hydrogen-bond donors (Lipinski definition) is 2. The molecule has 3 rings (SSSR count). The Hall–Kier alpha value is -2.39. The van der Waals surface area contributed by atoms with Crippen LogP contribution in [0.25, 0.3) is 21.5 Å². The van der Waals surface area contributed by atoms with Crippen LogP contribution in [-0.4, -0.2) is 11.1 Å². The number of hydrogen-bond acceptors (Lipinski definition) is 2. The first-order valence-electron chi connectivity index (χ1n) is 6.44. The SMILES string of the molecule is CC(N)(C(=O)O)c1ccc2ccc3ccccc3c2c1. The molecule has 3 aromatic rings. The van der Waals surface area contributed by atoms with Crippen molar-refractivity contribution in [3.63, 3.8) is 0 Å². The molecular formula is C17H15NO2. The van der Waals surface area contributed by atoms with Gasteiger partial charge in [0.05, 0.1) is 0 Å². The van der Waals surface area contributed by atoms with Gasteiger partial charge in [-0.3, -0.25) is 0 Å². The van der Waals surface area contributed by atoms with E-state index in [1.54, 1.807) is 6.07 Å². The van der Waals surface area contributed by atoms with Gasteiger partial charge in [0.15, 0.2) is 0 Å². The van der Waals surface area contributed by atoms with E-state index in [1.807, 2.05) is 42.5 Å². The van der Waals surface area contributed by atoms with Crippen LogP contribution in [-0.2, 0) is 10.3 Å². The number of benzene rings is 3. The van der Waals surface area contributed by atoms with Crippen molar-refractivity contribution in [3.05, 3.63) is 60.2 Å². The van der Waals surface area contributed by atoms with Crippen LogP contribution in [0.1, 0.15) is 12.5 Å². The number of nitrogens with two attached hydrogens (primary N) is 1. The van der Waals surface area contributed by atoms with Crippen LogP contribution in [0.3, 0.4) is 0 Å². The summed E-state index contributed by atoms with van der Waals surface area (Å²) in [4.78, 5) is 11.3. The Morgan fingerprint density at radius 1 is 1.00 bits per heavy atom. The molecule has 3 aromatic carbocycles. The van der Waals surface area contributed by atoms with Crippen molar-refractivity contribution >= 4 is 27.5 Å². The van der Waals surface area contributed by atoms with Gasteiger partial charge in [0, 0.05) is 0 Å². The third kappa shape index (κ3) is 1.84. The van der Waals surface area contributed by atoms with E-state index in [2.05, 4.69) is 6.07 Å². The lowest BCUT2D eigenvalue weighted by Crippen LogP contribution is -2.41. The van der Waals surface area contributed by atoms with Crippen molar-refractivity contribution < 1.29 is 9.90 Å². The Kier molecular flexibility index (Phi) is 2.73. The Bertz CT molecular complexity index is 821. The fourth-order valence-electron chi connectivity index (χ4n) is 2.45. The van der Waals surface area contributed by atoms with E-state index in [-0.39, 0.29) is 0 Å². The van der Waals surface area contributed by atoms with Crippen molar-refractivity contribution in [2.24, 2.45) is 5.73 Å². The number of fused-ring (bicyclic) bond motifs is 3. The summed E-state index contributed by atoms with van der Waals surface area (Å²) >= 11 is 0. The second kappa shape index (κ2) is 4.32. The van der Waals surface area contributed by atoms with Crippen LogP contribution >= 0.6 is 0 Å². The number of carboxylic acids is 1. The normalized spacial score (nSPS) is 14.3. The molecule has 0 fully saturated rings. The average Bonchev–Trinajstić information content (AvgIpc) is 2.46. The Morgan fingerprint density at radius 3 is 2.30 bits per heavy atom. The molecule has 0 saturated heterocycles. The maximum absolute atomic E-state index is 11.3. The molecule has 0 bridgehead atoms. The van der Waals surface area contributed by atoms with Crippen molar-refractivity contribution in [1.29, 1.82) is 0 Å². The molecule has 3 N–H and O–H groups in total. The van der Waals surface area contributed by atoms with Gasteiger partial charge in [-0.15, -0.1) is 0 Å². The van der Waals surface area contributed by atoms with E-state index < -0.39 is 11.5 Å². The summed E-state index contributed by atoms with van der Waals surface area (Å²) in [5, 5.41) is 13.6. The first-order chi connectivity index (χ1) is 9.50. The molecule has 0 amide bonds. The molecule has 0 saturated carbocycles. The first-order valence-corrected chi connectivity index (χ1v) is 6.44. The fraction of sp³-hybridized carbons (Fsp3) is 0.118. The van der Waals surface area contributed by atoms with E-state index in [1.165, 1.54) is 6.92 Å². The molecule has 20 heavy (non-hydrogen) atoms. The van der Waals surface area contributed by atoms with Gasteiger partial charge >= 0.3 is 5.97 Å². The van der Waals surface area contributed by atoms with Gasteiger partial charge in [-0.05, 0) is 40.1 Å². The summed E-state index contributed by atoms with van der Waals surface area (Å²) < 4.78 is 0. The zero-order chi connectivity index (χ0) is 14.3. The summed E-state index contributed by atoms with van der Waals surface area (Å²) in [6.07, 6.45) is 0. The van der Waals surface area contributed by atoms with Gasteiger partial charge in [-0.25, -0.2) is 4.79 Å². The van der Waals surface area contributed by atoms with Crippen molar-refractivity contribution in [2.75, 3.05) is 0 Å². The van der Waals surface area contributed by atoms with E-state index in [4.69, 9.17) is 5.73 Å². The van der Waals surface area contributed by atoms with Gasteiger partial charge in [0.1, 0.15) is 5.54 Å². The number of aliphatic carboxylic acids is 1. The highest BCUT2D eigenvalue weighted by Crippen LogP contribution is 2.29. The molecule has 3 nitrogen and oxygen atoms in total. The summed E-state index contributed by atoms with van der Waals surface area (Å²) in [6, 6.07) is 17.7. The molecule has 0 aliphatic rings. The lowest BCUT2D eigenvalue weighted by Gasteiger charge is -2.20. The summed E-state index contributed by atoms with van der Waals surface area (Å²) in [7, 11) is 0. The molecule has 1 unspecified atom stereocenters. The highest BCUT2D eigenvalue weighted by Gasteiger charge is 2.30. The highest BCUT2D eigenvalue weighted by molar-refractivity contribution is 6.07. The molecule has 1 atom stereocenters. The minimum atomic E-state index is -1.38. The zero-order valence-electron chi connectivity index (χ0n) is 11.1. The Balaban J connectivity index is 2.34. The molecule has 0 aliphatic carbocycles. The van der Waals surface area contributed by atoms with Gasteiger partial charge in [0.25, 0.3) is 0 Å². The smallest absolute Gasteiger partial charge is 0.328 e. The van der Waals surface area contributed by atoms with Crippen molar-refractivity contribution in [3.8, 4) is 0 Å². The molecule has 0 radical (unpaired) electrons. The Labute approximate surface area is 116 Å². The monoisotopic (exact) mass is 265 g/mol. The molecule has 3 heteroatoms. The van der Waals surface area contributed by atoms with E-state index >= 15 is 0 Å². The minimum Gasteiger partial charge on any atom is -0.480 e. The highest BCUT2D eigenvalue weighted by atomic mass is 16.4. The van der Waals surface area contributed by atoms with Crippen LogP contribution in [0.5, 0.6) is 0 Å². The third-order valence-corrected chi connectivity index (χ3v) is 3.79. The predicted molar refractivity (Wildman–Crippen MR) is 80.6 cm³/mol. The molecule has 0 aliphatic heterocycles. The van der Waals surface area contributed by atoms with Crippen LogP contribution in [0.15, 0.2) is 54.6 Å². The van der Waals surface area contributed by atoms with Gasteiger partial charge in [0.2, 0.25) is 0 Å². The lowest BCUT2D eigenvalue weighted by molar-refractivity contribution is -0.143. The van der Waals surface area contributed by atoms with E-state index in [0.717, 1.165) is 21.5 Å². The molecule has 0 spiro atoms. The third-order valence-electron chi connectivity index (χ3n) is 3.79. The van der Waals surface area contributed by atoms with E-state index in [9.17, 15) is 9.90 Å². The number of carboxylic acid groups (broad SMARTS) is 1. The molecule has 0 aromatic heterocycles. The fourth-order valence-corrected chi connectivity index (χ4v) is 2.45. The van der Waals surface area contributed by atoms with Gasteiger partial charge < -0.3 is 10.8 Å². The second-order valence-electron chi connectivity index (χ2n) is 5.23. The van der Waals surface area contributed by atoms with Crippen LogP contribution in [0.2, 0.25) is 0 Å². The zero-order valence-corrected chi connectivity index (χ0v) is 11.1. The number of carbonyl (C=O) groups is 1. The summed E-state index contributed by atoms with van der Waals surface area (Å²) in [5.74, 6) is -1.03. The molecule has 0 heterocycles. The maximum Gasteiger partial charge on any atom is 0.328 e. The Morgan fingerprint density at radius 2 is 1.60 bits per heavy atom.